The number of aryl methyl sites for hydroxylation is 1. The van der Waals surface area contributed by atoms with Gasteiger partial charge in [-0.25, -0.2) is 0 Å². The third kappa shape index (κ3) is 3.57. The highest BCUT2D eigenvalue weighted by Crippen LogP contribution is 2.43. The van der Waals surface area contributed by atoms with Gasteiger partial charge in [-0.3, -0.25) is 0 Å². The molecule has 0 fully saturated rings. The fraction of sp³-hybridized carbons (Fsp3) is 0.636. The van der Waals surface area contributed by atoms with Crippen LogP contribution < -0.4 is 0 Å². The Hall–Kier alpha value is -1.20. The molecule has 0 amide bonds. The van der Waals surface area contributed by atoms with Crippen molar-refractivity contribution >= 4 is 8.24 Å². The van der Waals surface area contributed by atoms with Crippen LogP contribution in [0.5, 0.6) is 0 Å². The van der Waals surface area contributed by atoms with E-state index in [0.29, 0.717) is 16.6 Å². The Balaban J connectivity index is 2.42. The highest BCUT2D eigenvalue weighted by molar-refractivity contribution is 6.82. The molecule has 0 atom stereocenters. The first kappa shape index (κ1) is 19.1. The minimum Gasteiger partial charge on any atom is -0.378 e. The zero-order valence-corrected chi connectivity index (χ0v) is 17.7. The number of aromatic nitrogens is 1. The van der Waals surface area contributed by atoms with Gasteiger partial charge in [-0.2, -0.15) is 0 Å². The van der Waals surface area contributed by atoms with E-state index in [1.807, 2.05) is 0 Å². The van der Waals surface area contributed by atoms with Gasteiger partial charge in [0.1, 0.15) is 0 Å². The van der Waals surface area contributed by atoms with Gasteiger partial charge in [0.15, 0.2) is 8.24 Å². The second-order valence-corrected chi connectivity index (χ2v) is 14.1. The Morgan fingerprint density at radius 2 is 1.54 bits per heavy atom. The van der Waals surface area contributed by atoms with Crippen LogP contribution in [-0.4, -0.2) is 12.5 Å². The van der Waals surface area contributed by atoms with Crippen molar-refractivity contribution in [1.29, 1.82) is 0 Å². The van der Waals surface area contributed by atoms with Crippen LogP contribution in [0.25, 0.3) is 0 Å². The second-order valence-electron chi connectivity index (χ2n) is 8.34. The average molecular weight is 342 g/mol. The fourth-order valence-corrected chi connectivity index (χ4v) is 11.5. The molecule has 0 spiro atoms. The van der Waals surface area contributed by atoms with E-state index in [-0.39, 0.29) is 0 Å². The predicted molar refractivity (Wildman–Crippen MR) is 109 cm³/mol. The third-order valence-corrected chi connectivity index (χ3v) is 12.6. The molecule has 0 saturated carbocycles. The van der Waals surface area contributed by atoms with E-state index >= 15 is 0 Å². The lowest BCUT2D eigenvalue weighted by Crippen LogP contribution is -2.51. The van der Waals surface area contributed by atoms with E-state index in [1.54, 1.807) is 0 Å². The maximum atomic E-state index is 3.48. The Morgan fingerprint density at radius 1 is 0.917 bits per heavy atom. The zero-order chi connectivity index (χ0) is 17.9. The summed E-state index contributed by atoms with van der Waals surface area (Å²) in [5.74, 6) is 6.92. The van der Waals surface area contributed by atoms with Crippen LogP contribution in [0.1, 0.15) is 78.4 Å². The number of hydrogen-bond donors (Lipinski definition) is 0. The average Bonchev–Trinajstić information content (AvgIpc) is 2.86. The SMILES string of the molecule is Cc1cn([Si](C(C)C)(C(C)C)C(C)C)cc1C#CC1=CCCCC1. The van der Waals surface area contributed by atoms with E-state index in [4.69, 9.17) is 0 Å². The van der Waals surface area contributed by atoms with Crippen molar-refractivity contribution in [2.45, 2.75) is 90.8 Å². The molecule has 0 saturated heterocycles. The molecule has 1 heterocycles. The minimum absolute atomic E-state index is 0.714. The van der Waals surface area contributed by atoms with Gasteiger partial charge in [0, 0.05) is 11.8 Å². The van der Waals surface area contributed by atoms with Crippen molar-refractivity contribution in [2.24, 2.45) is 0 Å². The maximum Gasteiger partial charge on any atom is 0.168 e. The van der Waals surface area contributed by atoms with Crippen molar-refractivity contribution in [3.05, 3.63) is 35.2 Å². The largest absolute Gasteiger partial charge is 0.378 e. The summed E-state index contributed by atoms with van der Waals surface area (Å²) in [6.45, 7) is 16.7. The molecule has 0 radical (unpaired) electrons. The Kier molecular flexibility index (Phi) is 6.20. The normalized spacial score (nSPS) is 15.7. The van der Waals surface area contributed by atoms with E-state index in [9.17, 15) is 0 Å². The Bertz CT molecular complexity index is 627. The number of nitrogens with zero attached hydrogens (tertiary/aromatic N) is 1. The monoisotopic (exact) mass is 341 g/mol. The van der Waals surface area contributed by atoms with Crippen LogP contribution in [0.2, 0.25) is 16.6 Å². The molecule has 132 valence electrons. The smallest absolute Gasteiger partial charge is 0.168 e. The first-order valence-electron chi connectivity index (χ1n) is 9.70. The topological polar surface area (TPSA) is 4.93 Å². The molecule has 1 aromatic rings. The first-order chi connectivity index (χ1) is 11.3. The summed E-state index contributed by atoms with van der Waals surface area (Å²) >= 11 is 0. The molecule has 2 heteroatoms. The van der Waals surface area contributed by atoms with E-state index in [2.05, 4.69) is 83.0 Å². The van der Waals surface area contributed by atoms with Gasteiger partial charge in [-0.05, 0) is 66.6 Å². The van der Waals surface area contributed by atoms with Crippen LogP contribution in [-0.2, 0) is 0 Å². The van der Waals surface area contributed by atoms with Crippen LogP contribution >= 0.6 is 0 Å². The quantitative estimate of drug-likeness (QED) is 0.425. The Morgan fingerprint density at radius 3 is 2.04 bits per heavy atom. The van der Waals surface area contributed by atoms with Crippen LogP contribution in [0.15, 0.2) is 24.0 Å². The summed E-state index contributed by atoms with van der Waals surface area (Å²) < 4.78 is 2.61. The van der Waals surface area contributed by atoms with E-state index in [0.717, 1.165) is 6.42 Å². The molecule has 0 aromatic carbocycles. The van der Waals surface area contributed by atoms with Crippen molar-refractivity contribution in [3.8, 4) is 11.8 Å². The lowest BCUT2D eigenvalue weighted by molar-refractivity contribution is 0.715. The molecule has 1 aliphatic carbocycles. The molecular formula is C22H35NSi. The van der Waals surface area contributed by atoms with Gasteiger partial charge in [-0.1, -0.05) is 59.5 Å². The summed E-state index contributed by atoms with van der Waals surface area (Å²) in [6.07, 6.45) is 12.1. The Labute approximate surface area is 150 Å². The minimum atomic E-state index is -1.65. The highest BCUT2D eigenvalue weighted by atomic mass is 28.3. The first-order valence-corrected chi connectivity index (χ1v) is 11.9. The molecule has 1 aromatic heterocycles. The van der Waals surface area contributed by atoms with Gasteiger partial charge < -0.3 is 4.23 Å². The van der Waals surface area contributed by atoms with Gasteiger partial charge in [-0.15, -0.1) is 0 Å². The molecule has 24 heavy (non-hydrogen) atoms. The number of allylic oxidation sites excluding steroid dienone is 2. The van der Waals surface area contributed by atoms with Crippen molar-refractivity contribution in [3.63, 3.8) is 0 Å². The van der Waals surface area contributed by atoms with E-state index < -0.39 is 8.24 Å². The zero-order valence-electron chi connectivity index (χ0n) is 16.7. The summed E-state index contributed by atoms with van der Waals surface area (Å²) in [4.78, 5) is 0. The van der Waals surface area contributed by atoms with Crippen LogP contribution in [0.4, 0.5) is 0 Å². The van der Waals surface area contributed by atoms with Gasteiger partial charge in [0.2, 0.25) is 0 Å². The fourth-order valence-electron chi connectivity index (χ4n) is 4.90. The van der Waals surface area contributed by atoms with Crippen LogP contribution in [0, 0.1) is 18.8 Å². The molecule has 0 bridgehead atoms. The summed E-state index contributed by atoms with van der Waals surface area (Å²) in [7, 11) is -1.65. The van der Waals surface area contributed by atoms with Crippen molar-refractivity contribution in [1.82, 2.24) is 4.23 Å². The number of rotatable bonds is 4. The van der Waals surface area contributed by atoms with Crippen molar-refractivity contribution < 1.29 is 0 Å². The summed E-state index contributed by atoms with van der Waals surface area (Å²) in [5.41, 5.74) is 6.04. The standard InChI is InChI=1S/C22H35NSi/c1-17(2)24(18(3)4,19(5)6)23-15-20(7)22(16-23)14-13-21-11-9-8-10-12-21/h11,15-19H,8-10,12H2,1-7H3. The predicted octanol–water partition coefficient (Wildman–Crippen LogP) is 6.67. The molecule has 0 aliphatic heterocycles. The van der Waals surface area contributed by atoms with Crippen LogP contribution in [0.3, 0.4) is 0 Å². The summed E-state index contributed by atoms with van der Waals surface area (Å²) in [5, 5.41) is 0. The van der Waals surface area contributed by atoms with Gasteiger partial charge in [0.25, 0.3) is 0 Å². The molecule has 0 N–H and O–H groups in total. The van der Waals surface area contributed by atoms with E-state index in [1.165, 1.54) is 36.0 Å². The highest BCUT2D eigenvalue weighted by Gasteiger charge is 2.45. The molecule has 0 unspecified atom stereocenters. The van der Waals surface area contributed by atoms with Crippen molar-refractivity contribution in [2.75, 3.05) is 0 Å². The van der Waals surface area contributed by atoms with Gasteiger partial charge >= 0.3 is 0 Å². The molecular weight excluding hydrogens is 306 g/mol. The maximum absolute atomic E-state index is 3.48. The lowest BCUT2D eigenvalue weighted by Gasteiger charge is -2.44. The number of hydrogen-bond acceptors (Lipinski definition) is 0. The lowest BCUT2D eigenvalue weighted by atomic mass is 10.00. The molecule has 2 rings (SSSR count). The summed E-state index contributed by atoms with van der Waals surface area (Å²) in [6, 6.07) is 0. The second kappa shape index (κ2) is 7.79. The van der Waals surface area contributed by atoms with Gasteiger partial charge in [0.05, 0.1) is 0 Å². The third-order valence-electron chi connectivity index (χ3n) is 5.90. The molecule has 1 nitrogen and oxygen atoms in total. The molecule has 1 aliphatic rings.